The summed E-state index contributed by atoms with van der Waals surface area (Å²) < 4.78 is 0. The topological polar surface area (TPSA) is 42.0 Å². The Labute approximate surface area is 121 Å². The van der Waals surface area contributed by atoms with Crippen LogP contribution in [0.15, 0.2) is 35.4 Å². The molecule has 19 heavy (non-hydrogen) atoms. The van der Waals surface area contributed by atoms with Crippen LogP contribution < -0.4 is 5.32 Å². The van der Waals surface area contributed by atoms with Gasteiger partial charge in [-0.05, 0) is 19.1 Å². The molecule has 1 N–H and O–H groups in total. The highest BCUT2D eigenvalue weighted by molar-refractivity contribution is 8.00. The molecule has 0 spiro atoms. The first kappa shape index (κ1) is 14.1. The van der Waals surface area contributed by atoms with Gasteiger partial charge in [-0.1, -0.05) is 26.0 Å². The van der Waals surface area contributed by atoms with Crippen LogP contribution in [0, 0.1) is 6.92 Å². The van der Waals surface area contributed by atoms with Crippen LogP contribution in [0.1, 0.15) is 29.1 Å². The van der Waals surface area contributed by atoms with Crippen molar-refractivity contribution in [2.24, 2.45) is 0 Å². The molecule has 5 heteroatoms. The fraction of sp³-hybridized carbons (Fsp3) is 0.286. The van der Waals surface area contributed by atoms with Gasteiger partial charge in [-0.2, -0.15) is 0 Å². The largest absolute Gasteiger partial charge is 0.298 e. The summed E-state index contributed by atoms with van der Waals surface area (Å²) in [7, 11) is 0. The Hall–Kier alpha value is -1.33. The average molecular weight is 292 g/mol. The number of aromatic nitrogens is 1. The molecule has 0 saturated carbocycles. The number of hydrogen-bond donors (Lipinski definition) is 1. The quantitative estimate of drug-likeness (QED) is 0.859. The van der Waals surface area contributed by atoms with Crippen LogP contribution in [0.2, 0.25) is 0 Å². The summed E-state index contributed by atoms with van der Waals surface area (Å²) in [5.74, 6) is -0.0990. The Morgan fingerprint density at radius 3 is 2.74 bits per heavy atom. The van der Waals surface area contributed by atoms with Crippen molar-refractivity contribution >= 4 is 34.1 Å². The maximum Gasteiger partial charge on any atom is 0.258 e. The molecule has 0 atom stereocenters. The zero-order valence-electron chi connectivity index (χ0n) is 11.1. The van der Waals surface area contributed by atoms with Crippen molar-refractivity contribution in [2.45, 2.75) is 30.9 Å². The SMILES string of the molecule is Cc1cnc(NC(=O)c2ccccc2SC(C)C)s1. The second-order valence-electron chi connectivity index (χ2n) is 4.39. The van der Waals surface area contributed by atoms with Gasteiger partial charge in [-0.25, -0.2) is 4.98 Å². The third-order valence-electron chi connectivity index (χ3n) is 2.34. The molecule has 1 aromatic heterocycles. The molecule has 1 heterocycles. The summed E-state index contributed by atoms with van der Waals surface area (Å²) in [6.45, 7) is 6.20. The predicted octanol–water partition coefficient (Wildman–Crippen LogP) is 4.20. The van der Waals surface area contributed by atoms with E-state index in [-0.39, 0.29) is 5.91 Å². The van der Waals surface area contributed by atoms with Crippen molar-refractivity contribution in [1.82, 2.24) is 4.98 Å². The van der Waals surface area contributed by atoms with E-state index in [0.29, 0.717) is 15.9 Å². The third kappa shape index (κ3) is 3.81. The molecule has 2 rings (SSSR count). The van der Waals surface area contributed by atoms with Crippen molar-refractivity contribution in [1.29, 1.82) is 0 Å². The van der Waals surface area contributed by atoms with E-state index >= 15 is 0 Å². The lowest BCUT2D eigenvalue weighted by molar-refractivity contribution is 0.102. The molecule has 0 aliphatic heterocycles. The van der Waals surface area contributed by atoms with Gasteiger partial charge < -0.3 is 0 Å². The van der Waals surface area contributed by atoms with Gasteiger partial charge in [0, 0.05) is 21.2 Å². The second kappa shape index (κ2) is 6.21. The molecule has 0 aliphatic rings. The molecule has 0 radical (unpaired) electrons. The number of thioether (sulfide) groups is 1. The van der Waals surface area contributed by atoms with Crippen LogP contribution in [0.4, 0.5) is 5.13 Å². The summed E-state index contributed by atoms with van der Waals surface area (Å²) in [4.78, 5) is 18.5. The van der Waals surface area contributed by atoms with E-state index < -0.39 is 0 Å². The van der Waals surface area contributed by atoms with Gasteiger partial charge >= 0.3 is 0 Å². The van der Waals surface area contributed by atoms with Gasteiger partial charge in [0.15, 0.2) is 5.13 Å². The lowest BCUT2D eigenvalue weighted by Gasteiger charge is -2.10. The van der Waals surface area contributed by atoms with Gasteiger partial charge in [0.1, 0.15) is 0 Å². The van der Waals surface area contributed by atoms with Crippen molar-refractivity contribution in [3.05, 3.63) is 40.9 Å². The Bertz CT molecular complexity index is 578. The number of thiazole rings is 1. The number of carbonyl (C=O) groups excluding carboxylic acids is 1. The fourth-order valence-electron chi connectivity index (χ4n) is 1.59. The van der Waals surface area contributed by atoms with E-state index in [1.807, 2.05) is 31.2 Å². The second-order valence-corrected chi connectivity index (χ2v) is 7.25. The third-order valence-corrected chi connectivity index (χ3v) is 4.25. The van der Waals surface area contributed by atoms with Crippen LogP contribution in [0.5, 0.6) is 0 Å². The van der Waals surface area contributed by atoms with Crippen LogP contribution in [-0.2, 0) is 0 Å². The number of amides is 1. The van der Waals surface area contributed by atoms with Gasteiger partial charge in [-0.15, -0.1) is 23.1 Å². The normalized spacial score (nSPS) is 10.7. The number of hydrogen-bond acceptors (Lipinski definition) is 4. The molecule has 3 nitrogen and oxygen atoms in total. The van der Waals surface area contributed by atoms with Crippen molar-refractivity contribution in [3.63, 3.8) is 0 Å². The first-order valence-corrected chi connectivity index (χ1v) is 7.75. The Kier molecular flexibility index (Phi) is 4.61. The summed E-state index contributed by atoms with van der Waals surface area (Å²) >= 11 is 3.17. The van der Waals surface area contributed by atoms with E-state index in [4.69, 9.17) is 0 Å². The highest BCUT2D eigenvalue weighted by atomic mass is 32.2. The van der Waals surface area contributed by atoms with Crippen LogP contribution >= 0.6 is 23.1 Å². The molecule has 1 amide bonds. The van der Waals surface area contributed by atoms with E-state index in [0.717, 1.165) is 9.77 Å². The van der Waals surface area contributed by atoms with Crippen molar-refractivity contribution in [2.75, 3.05) is 5.32 Å². The van der Waals surface area contributed by atoms with E-state index in [1.54, 1.807) is 18.0 Å². The van der Waals surface area contributed by atoms with E-state index in [2.05, 4.69) is 24.1 Å². The Balaban J connectivity index is 2.18. The smallest absolute Gasteiger partial charge is 0.258 e. The number of carbonyl (C=O) groups is 1. The predicted molar refractivity (Wildman–Crippen MR) is 82.2 cm³/mol. The molecular weight excluding hydrogens is 276 g/mol. The molecule has 2 aromatic rings. The van der Waals surface area contributed by atoms with Crippen molar-refractivity contribution < 1.29 is 4.79 Å². The van der Waals surface area contributed by atoms with Crippen molar-refractivity contribution in [3.8, 4) is 0 Å². The highest BCUT2D eigenvalue weighted by Crippen LogP contribution is 2.27. The number of nitrogens with zero attached hydrogens (tertiary/aromatic N) is 1. The van der Waals surface area contributed by atoms with Crippen LogP contribution in [-0.4, -0.2) is 16.1 Å². The zero-order valence-corrected chi connectivity index (χ0v) is 12.8. The molecule has 0 fully saturated rings. The maximum absolute atomic E-state index is 12.3. The Morgan fingerprint density at radius 2 is 2.11 bits per heavy atom. The summed E-state index contributed by atoms with van der Waals surface area (Å²) in [6.07, 6.45) is 1.76. The number of rotatable bonds is 4. The molecule has 1 aromatic carbocycles. The minimum atomic E-state index is -0.0990. The zero-order chi connectivity index (χ0) is 13.8. The number of benzene rings is 1. The lowest BCUT2D eigenvalue weighted by atomic mass is 10.2. The molecular formula is C14H16N2OS2. The molecule has 0 aliphatic carbocycles. The van der Waals surface area contributed by atoms with E-state index in [1.165, 1.54) is 11.3 Å². The maximum atomic E-state index is 12.3. The lowest BCUT2D eigenvalue weighted by Crippen LogP contribution is -2.13. The Morgan fingerprint density at radius 1 is 1.37 bits per heavy atom. The van der Waals surface area contributed by atoms with Crippen LogP contribution in [0.3, 0.4) is 0 Å². The molecule has 100 valence electrons. The van der Waals surface area contributed by atoms with Crippen LogP contribution in [0.25, 0.3) is 0 Å². The number of nitrogens with one attached hydrogen (secondary N) is 1. The minimum absolute atomic E-state index is 0.0990. The monoisotopic (exact) mass is 292 g/mol. The van der Waals surface area contributed by atoms with Gasteiger partial charge in [-0.3, -0.25) is 10.1 Å². The summed E-state index contributed by atoms with van der Waals surface area (Å²) in [5.41, 5.74) is 0.703. The highest BCUT2D eigenvalue weighted by Gasteiger charge is 2.13. The first-order chi connectivity index (χ1) is 9.06. The number of aryl methyl sites for hydroxylation is 1. The van der Waals surface area contributed by atoms with Gasteiger partial charge in [0.25, 0.3) is 5.91 Å². The van der Waals surface area contributed by atoms with E-state index in [9.17, 15) is 4.79 Å². The fourth-order valence-corrected chi connectivity index (χ4v) is 3.20. The number of anilines is 1. The first-order valence-electron chi connectivity index (χ1n) is 6.05. The average Bonchev–Trinajstić information content (AvgIpc) is 2.74. The molecule has 0 saturated heterocycles. The minimum Gasteiger partial charge on any atom is -0.298 e. The summed E-state index contributed by atoms with van der Waals surface area (Å²) in [6, 6.07) is 7.66. The van der Waals surface area contributed by atoms with Gasteiger partial charge in [0.2, 0.25) is 0 Å². The molecule has 0 bridgehead atoms. The summed E-state index contributed by atoms with van der Waals surface area (Å²) in [5, 5.41) is 3.93. The van der Waals surface area contributed by atoms with Gasteiger partial charge in [0.05, 0.1) is 5.56 Å². The molecule has 0 unspecified atom stereocenters. The standard InChI is InChI=1S/C14H16N2OS2/c1-9(2)18-12-7-5-4-6-11(12)13(17)16-14-15-8-10(3)19-14/h4-9H,1-3H3,(H,15,16,17).